The van der Waals surface area contributed by atoms with Crippen LogP contribution in [0.2, 0.25) is 5.02 Å². The van der Waals surface area contributed by atoms with Gasteiger partial charge in [0.05, 0.1) is 19.0 Å². The summed E-state index contributed by atoms with van der Waals surface area (Å²) in [6, 6.07) is 12.6. The molecule has 1 N–H and O–H groups in total. The number of hydrogen-bond acceptors (Lipinski definition) is 5. The molecule has 3 rings (SSSR count). The average molecular weight is 343 g/mol. The van der Waals surface area contributed by atoms with Gasteiger partial charge < -0.3 is 14.3 Å². The maximum Gasteiger partial charge on any atom is 0.312 e. The van der Waals surface area contributed by atoms with Crippen molar-refractivity contribution < 1.29 is 14.3 Å². The van der Waals surface area contributed by atoms with Crippen molar-refractivity contribution in [2.45, 2.75) is 6.92 Å². The van der Waals surface area contributed by atoms with Gasteiger partial charge in [0.25, 0.3) is 0 Å². The molecule has 0 unspecified atom stereocenters. The fourth-order valence-corrected chi connectivity index (χ4v) is 2.41. The molecule has 0 saturated heterocycles. The van der Waals surface area contributed by atoms with Crippen LogP contribution in [0.3, 0.4) is 0 Å². The minimum Gasteiger partial charge on any atom is -0.497 e. The molecule has 0 radical (unpaired) electrons. The highest BCUT2D eigenvalue weighted by atomic mass is 35.5. The van der Waals surface area contributed by atoms with Gasteiger partial charge in [-0.2, -0.15) is 0 Å². The second-order valence-corrected chi connectivity index (χ2v) is 5.57. The topological polar surface area (TPSA) is 67.9 Å². The Bertz CT molecular complexity index is 903. The number of methoxy groups -OCH3 is 1. The molecule has 0 aliphatic carbocycles. The van der Waals surface area contributed by atoms with Gasteiger partial charge in [0.2, 0.25) is 5.89 Å². The summed E-state index contributed by atoms with van der Waals surface area (Å²) in [6.45, 7) is 1.91. The Morgan fingerprint density at radius 1 is 1.25 bits per heavy atom. The number of benzene rings is 2. The molecule has 6 heteroatoms. The lowest BCUT2D eigenvalue weighted by atomic mass is 10.2. The molecule has 2 aromatic carbocycles. The zero-order chi connectivity index (χ0) is 17.1. The van der Waals surface area contributed by atoms with Crippen molar-refractivity contribution in [1.82, 2.24) is 4.98 Å². The van der Waals surface area contributed by atoms with Crippen molar-refractivity contribution in [2.75, 3.05) is 7.11 Å². The van der Waals surface area contributed by atoms with E-state index in [1.54, 1.807) is 25.3 Å². The lowest BCUT2D eigenvalue weighted by molar-refractivity contribution is 0.336. The first-order valence-corrected chi connectivity index (χ1v) is 7.59. The normalized spacial score (nSPS) is 11.1. The van der Waals surface area contributed by atoms with Crippen molar-refractivity contribution in [2.24, 2.45) is 4.99 Å². The Morgan fingerprint density at radius 2 is 2.08 bits per heavy atom. The summed E-state index contributed by atoms with van der Waals surface area (Å²) >= 11 is 5.93. The molecule has 0 amide bonds. The van der Waals surface area contributed by atoms with E-state index in [0.29, 0.717) is 22.2 Å². The predicted molar refractivity (Wildman–Crippen MR) is 93.6 cm³/mol. The third-order valence-corrected chi connectivity index (χ3v) is 3.67. The van der Waals surface area contributed by atoms with Crippen LogP contribution in [0.1, 0.15) is 11.3 Å². The monoisotopic (exact) mass is 342 g/mol. The van der Waals surface area contributed by atoms with Crippen LogP contribution in [0.15, 0.2) is 51.9 Å². The van der Waals surface area contributed by atoms with Gasteiger partial charge in [-0.1, -0.05) is 17.7 Å². The highest BCUT2D eigenvalue weighted by Crippen LogP contribution is 2.28. The Balaban J connectivity index is 1.90. The van der Waals surface area contributed by atoms with Crippen molar-refractivity contribution in [1.29, 1.82) is 0 Å². The summed E-state index contributed by atoms with van der Waals surface area (Å²) in [6.07, 6.45) is 1.46. The van der Waals surface area contributed by atoms with Crippen LogP contribution in [0.5, 0.6) is 11.7 Å². The molecule has 0 atom stereocenters. The van der Waals surface area contributed by atoms with Crippen molar-refractivity contribution >= 4 is 23.5 Å². The number of aliphatic imine (C=N–C) groups is 1. The Labute approximate surface area is 144 Å². The minimum atomic E-state index is -0.289. The van der Waals surface area contributed by atoms with Crippen LogP contribution in [0.4, 0.5) is 5.69 Å². The molecule has 0 bridgehead atoms. The minimum absolute atomic E-state index is 0.252. The quantitative estimate of drug-likeness (QED) is 0.693. The van der Waals surface area contributed by atoms with E-state index >= 15 is 0 Å². The number of aromatic hydroxyl groups is 1. The van der Waals surface area contributed by atoms with Crippen molar-refractivity contribution in [3.05, 3.63) is 58.7 Å². The molecule has 1 heterocycles. The first-order chi connectivity index (χ1) is 11.6. The third kappa shape index (κ3) is 3.41. The molecule has 122 valence electrons. The zero-order valence-electron chi connectivity index (χ0n) is 13.2. The van der Waals surface area contributed by atoms with Gasteiger partial charge in [-0.15, -0.1) is 0 Å². The molecule has 0 fully saturated rings. The van der Waals surface area contributed by atoms with Gasteiger partial charge >= 0.3 is 5.95 Å². The van der Waals surface area contributed by atoms with E-state index in [4.69, 9.17) is 20.8 Å². The molecule has 0 aliphatic heterocycles. The predicted octanol–water partition coefficient (Wildman–Crippen LogP) is 4.77. The fraction of sp³-hybridized carbons (Fsp3) is 0.111. The van der Waals surface area contributed by atoms with Gasteiger partial charge in [0.15, 0.2) is 5.69 Å². The van der Waals surface area contributed by atoms with E-state index in [2.05, 4.69) is 9.98 Å². The molecular weight excluding hydrogens is 328 g/mol. The van der Waals surface area contributed by atoms with Gasteiger partial charge in [0, 0.05) is 10.6 Å². The van der Waals surface area contributed by atoms with Crippen LogP contribution in [-0.2, 0) is 0 Å². The van der Waals surface area contributed by atoms with E-state index in [-0.39, 0.29) is 11.6 Å². The summed E-state index contributed by atoms with van der Waals surface area (Å²) in [7, 11) is 1.58. The summed E-state index contributed by atoms with van der Waals surface area (Å²) in [5.74, 6) is 0.682. The van der Waals surface area contributed by atoms with Gasteiger partial charge in [-0.05, 0) is 48.9 Å². The van der Waals surface area contributed by atoms with Crippen LogP contribution in [0, 0.1) is 6.92 Å². The molecule has 0 saturated carbocycles. The molecule has 0 spiro atoms. The van der Waals surface area contributed by atoms with Gasteiger partial charge in [-0.25, -0.2) is 4.98 Å². The SMILES string of the molecule is COc1cccc(-c2nc(C=Nc3ccc(Cl)cc3C)c(O)o2)c1. The number of halogens is 1. The largest absolute Gasteiger partial charge is 0.497 e. The second kappa shape index (κ2) is 6.76. The van der Waals surface area contributed by atoms with Gasteiger partial charge in [-0.3, -0.25) is 4.99 Å². The summed E-state index contributed by atoms with van der Waals surface area (Å²) < 4.78 is 10.5. The molecule has 24 heavy (non-hydrogen) atoms. The summed E-state index contributed by atoms with van der Waals surface area (Å²) in [4.78, 5) is 8.60. The lowest BCUT2D eigenvalue weighted by Crippen LogP contribution is -1.85. The van der Waals surface area contributed by atoms with Crippen LogP contribution < -0.4 is 4.74 Å². The highest BCUT2D eigenvalue weighted by Gasteiger charge is 2.13. The number of nitrogens with zero attached hydrogens (tertiary/aromatic N) is 2. The van der Waals surface area contributed by atoms with E-state index < -0.39 is 0 Å². The highest BCUT2D eigenvalue weighted by molar-refractivity contribution is 6.30. The number of aryl methyl sites for hydroxylation is 1. The van der Waals surface area contributed by atoms with Crippen LogP contribution in [-0.4, -0.2) is 23.4 Å². The maximum absolute atomic E-state index is 9.94. The van der Waals surface area contributed by atoms with E-state index in [9.17, 15) is 5.11 Å². The fourth-order valence-electron chi connectivity index (χ4n) is 2.18. The van der Waals surface area contributed by atoms with Crippen LogP contribution >= 0.6 is 11.6 Å². The van der Waals surface area contributed by atoms with Crippen molar-refractivity contribution in [3.8, 4) is 23.1 Å². The molecular formula is C18H15ClN2O3. The van der Waals surface area contributed by atoms with E-state index in [1.807, 2.05) is 31.2 Å². The number of rotatable bonds is 4. The summed E-state index contributed by atoms with van der Waals surface area (Å²) in [5, 5.41) is 10.6. The standard InChI is InChI=1S/C18H15ClN2O3/c1-11-8-13(19)6-7-15(11)20-10-16-18(22)24-17(21-16)12-4-3-5-14(9-12)23-2/h3-10,22H,1-2H3. The Hall–Kier alpha value is -2.79. The maximum atomic E-state index is 9.94. The molecule has 1 aromatic heterocycles. The smallest absolute Gasteiger partial charge is 0.312 e. The first kappa shape index (κ1) is 16.1. The molecule has 5 nitrogen and oxygen atoms in total. The lowest BCUT2D eigenvalue weighted by Gasteiger charge is -2.00. The van der Waals surface area contributed by atoms with Crippen LogP contribution in [0.25, 0.3) is 11.5 Å². The van der Waals surface area contributed by atoms with Gasteiger partial charge in [0.1, 0.15) is 5.75 Å². The third-order valence-electron chi connectivity index (χ3n) is 3.44. The number of aromatic nitrogens is 1. The number of oxazole rings is 1. The molecule has 0 aliphatic rings. The number of ether oxygens (including phenoxy) is 1. The first-order valence-electron chi connectivity index (χ1n) is 7.21. The average Bonchev–Trinajstić information content (AvgIpc) is 2.95. The number of hydrogen-bond donors (Lipinski definition) is 1. The molecule has 3 aromatic rings. The van der Waals surface area contributed by atoms with E-state index in [1.165, 1.54) is 6.21 Å². The zero-order valence-corrected chi connectivity index (χ0v) is 13.9. The van der Waals surface area contributed by atoms with Crippen molar-refractivity contribution in [3.63, 3.8) is 0 Å². The Morgan fingerprint density at radius 3 is 2.83 bits per heavy atom. The second-order valence-electron chi connectivity index (χ2n) is 5.13. The Kier molecular flexibility index (Phi) is 4.53. The van der Waals surface area contributed by atoms with E-state index in [0.717, 1.165) is 11.3 Å². The summed E-state index contributed by atoms with van der Waals surface area (Å²) in [5.41, 5.74) is 2.62.